The summed E-state index contributed by atoms with van der Waals surface area (Å²) in [5, 5.41) is 6.16. The Kier molecular flexibility index (Phi) is 5.08. The van der Waals surface area contributed by atoms with Gasteiger partial charge in [0.05, 0.1) is 5.56 Å². The van der Waals surface area contributed by atoms with Crippen LogP contribution in [0.5, 0.6) is 0 Å². The van der Waals surface area contributed by atoms with Crippen molar-refractivity contribution in [2.45, 2.75) is 19.6 Å². The number of nitrogens with one attached hydrogen (secondary N) is 2. The summed E-state index contributed by atoms with van der Waals surface area (Å²) in [5.41, 5.74) is 9.61. The monoisotopic (exact) mass is 334 g/mol. The first-order valence-electron chi connectivity index (χ1n) is 7.10. The Balaban J connectivity index is 0.00000192. The molecule has 0 saturated carbocycles. The third kappa shape index (κ3) is 3.55. The minimum atomic E-state index is -0.541. The van der Waals surface area contributed by atoms with Crippen LogP contribution in [-0.4, -0.2) is 16.4 Å². The number of fused-ring (bicyclic) bond motifs is 1. The molecule has 3 rings (SSSR count). The lowest BCUT2D eigenvalue weighted by molar-refractivity contribution is 0.0942. The molecule has 0 fully saturated rings. The van der Waals surface area contributed by atoms with Crippen molar-refractivity contribution in [3.63, 3.8) is 0 Å². The standard InChI is InChI=1S/C16H18N4O2.ClH/c1-20-9-13(15(17)21)5-14(20)16(22)19-6-10-2-3-11-7-18-8-12(11)4-10;/h2-5,9,18H,6-8H2,1H3,(H2,17,21)(H,19,22);1H. The molecule has 1 aliphatic rings. The van der Waals surface area contributed by atoms with Gasteiger partial charge in [-0.1, -0.05) is 18.2 Å². The number of carbonyl (C=O) groups excluding carboxylic acids is 2. The molecule has 23 heavy (non-hydrogen) atoms. The van der Waals surface area contributed by atoms with Crippen molar-refractivity contribution in [3.05, 3.63) is 58.4 Å². The number of hydrogen-bond acceptors (Lipinski definition) is 3. The fourth-order valence-electron chi connectivity index (χ4n) is 2.66. The number of nitrogens with zero attached hydrogens (tertiary/aromatic N) is 1. The van der Waals surface area contributed by atoms with Crippen LogP contribution in [0.3, 0.4) is 0 Å². The predicted molar refractivity (Wildman–Crippen MR) is 89.3 cm³/mol. The van der Waals surface area contributed by atoms with Crippen molar-refractivity contribution >= 4 is 24.2 Å². The number of primary amides is 1. The molecule has 0 unspecified atom stereocenters. The van der Waals surface area contributed by atoms with Crippen molar-refractivity contribution in [2.75, 3.05) is 0 Å². The van der Waals surface area contributed by atoms with E-state index in [2.05, 4.69) is 22.8 Å². The van der Waals surface area contributed by atoms with E-state index in [1.807, 2.05) is 6.07 Å². The molecule has 0 bridgehead atoms. The van der Waals surface area contributed by atoms with Crippen molar-refractivity contribution in [3.8, 4) is 0 Å². The Hall–Kier alpha value is -2.31. The number of rotatable bonds is 4. The van der Waals surface area contributed by atoms with Gasteiger partial charge in [-0.05, 0) is 22.8 Å². The molecule has 0 radical (unpaired) electrons. The molecule has 1 aromatic heterocycles. The van der Waals surface area contributed by atoms with E-state index in [4.69, 9.17) is 5.73 Å². The van der Waals surface area contributed by atoms with Crippen LogP contribution in [-0.2, 0) is 26.7 Å². The lowest BCUT2D eigenvalue weighted by Crippen LogP contribution is -2.24. The SMILES string of the molecule is Cl.Cn1cc(C(N)=O)cc1C(=O)NCc1ccc2c(c1)CNC2. The molecule has 1 aliphatic heterocycles. The smallest absolute Gasteiger partial charge is 0.268 e. The van der Waals surface area contributed by atoms with Crippen LogP contribution >= 0.6 is 12.4 Å². The van der Waals surface area contributed by atoms with E-state index in [0.717, 1.165) is 18.7 Å². The molecular weight excluding hydrogens is 316 g/mol. The third-order valence-corrected chi connectivity index (χ3v) is 3.88. The van der Waals surface area contributed by atoms with Crippen LogP contribution < -0.4 is 16.4 Å². The number of halogens is 1. The Morgan fingerprint density at radius 3 is 2.70 bits per heavy atom. The molecule has 0 saturated heterocycles. The van der Waals surface area contributed by atoms with Gasteiger partial charge in [-0.2, -0.15) is 0 Å². The molecule has 6 nitrogen and oxygen atoms in total. The molecule has 7 heteroatoms. The number of aryl methyl sites for hydroxylation is 1. The number of hydrogen-bond donors (Lipinski definition) is 3. The molecule has 0 aliphatic carbocycles. The van der Waals surface area contributed by atoms with Gasteiger partial charge in [0, 0.05) is 32.9 Å². The number of benzene rings is 1. The maximum Gasteiger partial charge on any atom is 0.268 e. The fraction of sp³-hybridized carbons (Fsp3) is 0.250. The molecule has 0 spiro atoms. The summed E-state index contributed by atoms with van der Waals surface area (Å²) in [4.78, 5) is 23.4. The molecule has 2 amide bonds. The van der Waals surface area contributed by atoms with Crippen molar-refractivity contribution in [1.82, 2.24) is 15.2 Å². The quantitative estimate of drug-likeness (QED) is 0.781. The molecule has 4 N–H and O–H groups in total. The average Bonchev–Trinajstić information content (AvgIpc) is 3.10. The second-order valence-electron chi connectivity index (χ2n) is 5.48. The molecule has 122 valence electrons. The first-order chi connectivity index (χ1) is 10.5. The van der Waals surface area contributed by atoms with Gasteiger partial charge in [0.1, 0.15) is 5.69 Å². The number of carbonyl (C=O) groups is 2. The zero-order valence-electron chi connectivity index (χ0n) is 12.8. The fourth-order valence-corrected chi connectivity index (χ4v) is 2.66. The second-order valence-corrected chi connectivity index (χ2v) is 5.48. The third-order valence-electron chi connectivity index (χ3n) is 3.88. The van der Waals surface area contributed by atoms with Gasteiger partial charge in [-0.15, -0.1) is 12.4 Å². The number of amides is 2. The van der Waals surface area contributed by atoms with Gasteiger partial charge in [-0.3, -0.25) is 9.59 Å². The Morgan fingerprint density at radius 2 is 2.00 bits per heavy atom. The van der Waals surface area contributed by atoms with Crippen LogP contribution in [0, 0.1) is 0 Å². The Labute approximate surface area is 140 Å². The van der Waals surface area contributed by atoms with Gasteiger partial charge in [0.2, 0.25) is 5.91 Å². The first kappa shape index (κ1) is 17.1. The van der Waals surface area contributed by atoms with Crippen LogP contribution in [0.2, 0.25) is 0 Å². The lowest BCUT2D eigenvalue weighted by Gasteiger charge is -2.07. The van der Waals surface area contributed by atoms with Gasteiger partial charge in [-0.25, -0.2) is 0 Å². The van der Waals surface area contributed by atoms with E-state index in [9.17, 15) is 9.59 Å². The highest BCUT2D eigenvalue weighted by molar-refractivity contribution is 5.98. The zero-order valence-corrected chi connectivity index (χ0v) is 13.6. The van der Waals surface area contributed by atoms with E-state index in [0.29, 0.717) is 17.8 Å². The minimum absolute atomic E-state index is 0. The summed E-state index contributed by atoms with van der Waals surface area (Å²) < 4.78 is 1.60. The topological polar surface area (TPSA) is 89.2 Å². The number of nitrogens with two attached hydrogens (primary N) is 1. The Bertz CT molecular complexity index is 755. The van der Waals surface area contributed by atoms with Gasteiger partial charge < -0.3 is 20.9 Å². The van der Waals surface area contributed by atoms with Crippen LogP contribution in [0.4, 0.5) is 0 Å². The molecule has 2 heterocycles. The summed E-state index contributed by atoms with van der Waals surface area (Å²) in [6.45, 7) is 2.22. The average molecular weight is 335 g/mol. The molecule has 2 aromatic rings. The summed E-state index contributed by atoms with van der Waals surface area (Å²) in [5.74, 6) is -0.769. The summed E-state index contributed by atoms with van der Waals surface area (Å²) in [6, 6.07) is 7.72. The maximum absolute atomic E-state index is 12.2. The summed E-state index contributed by atoms with van der Waals surface area (Å²) in [6.07, 6.45) is 1.55. The predicted octanol–water partition coefficient (Wildman–Crippen LogP) is 1.08. The largest absolute Gasteiger partial charge is 0.366 e. The maximum atomic E-state index is 12.2. The summed E-state index contributed by atoms with van der Waals surface area (Å²) >= 11 is 0. The van der Waals surface area contributed by atoms with E-state index in [1.165, 1.54) is 17.2 Å². The first-order valence-corrected chi connectivity index (χ1v) is 7.10. The van der Waals surface area contributed by atoms with Crippen LogP contribution in [0.1, 0.15) is 37.5 Å². The van der Waals surface area contributed by atoms with E-state index < -0.39 is 5.91 Å². The van der Waals surface area contributed by atoms with Crippen molar-refractivity contribution in [1.29, 1.82) is 0 Å². The highest BCUT2D eigenvalue weighted by atomic mass is 35.5. The highest BCUT2D eigenvalue weighted by Crippen LogP contribution is 2.17. The lowest BCUT2D eigenvalue weighted by atomic mass is 10.1. The van der Waals surface area contributed by atoms with Gasteiger partial charge in [0.15, 0.2) is 0 Å². The zero-order chi connectivity index (χ0) is 15.7. The molecule has 0 atom stereocenters. The minimum Gasteiger partial charge on any atom is -0.366 e. The van der Waals surface area contributed by atoms with E-state index in [1.54, 1.807) is 17.8 Å². The Morgan fingerprint density at radius 1 is 1.26 bits per heavy atom. The van der Waals surface area contributed by atoms with Crippen molar-refractivity contribution < 1.29 is 9.59 Å². The molecular formula is C16H19ClN4O2. The van der Waals surface area contributed by atoms with Crippen molar-refractivity contribution in [2.24, 2.45) is 12.8 Å². The van der Waals surface area contributed by atoms with Gasteiger partial charge >= 0.3 is 0 Å². The van der Waals surface area contributed by atoms with E-state index in [-0.39, 0.29) is 18.3 Å². The molecule has 1 aromatic carbocycles. The van der Waals surface area contributed by atoms with Crippen LogP contribution in [0.15, 0.2) is 30.5 Å². The summed E-state index contributed by atoms with van der Waals surface area (Å²) in [7, 11) is 1.71. The second kappa shape index (κ2) is 6.85. The van der Waals surface area contributed by atoms with Gasteiger partial charge in [0.25, 0.3) is 5.91 Å². The highest BCUT2D eigenvalue weighted by Gasteiger charge is 2.15. The normalized spacial score (nSPS) is 12.4. The van der Waals surface area contributed by atoms with Crippen LogP contribution in [0.25, 0.3) is 0 Å². The number of aromatic nitrogens is 1. The van der Waals surface area contributed by atoms with E-state index >= 15 is 0 Å².